The molecule has 2 amide bonds. The Morgan fingerprint density at radius 2 is 1.67 bits per heavy atom. The molecule has 1 heterocycles. The smallest absolute Gasteiger partial charge is 0.309 e. The standard InChI is InChI=1S/C16H14ClN3O3.CH4N2O/c1-21-14-6-10-13(7-15(14)22-2)19-8-20-16(10)23-9-3-4-12(18)11(17)5-9;2-1(3)4/h3-8H,18H2,1-2H3;(H4,2,3,4). The number of hydrogen-bond donors (Lipinski definition) is 3. The van der Waals surface area contributed by atoms with Crippen molar-refractivity contribution in [1.82, 2.24) is 9.97 Å². The quantitative estimate of drug-likeness (QED) is 0.578. The molecule has 0 aliphatic rings. The number of amides is 2. The topological polar surface area (TPSA) is 149 Å². The molecule has 0 saturated carbocycles. The number of hydrogen-bond acceptors (Lipinski definition) is 7. The first-order chi connectivity index (χ1) is 12.8. The number of carbonyl (C=O) groups excluding carboxylic acids is 1. The van der Waals surface area contributed by atoms with Gasteiger partial charge in [-0.3, -0.25) is 0 Å². The van der Waals surface area contributed by atoms with Gasteiger partial charge in [-0.1, -0.05) is 11.6 Å². The number of aromatic nitrogens is 2. The number of urea groups is 1. The Morgan fingerprint density at radius 3 is 2.26 bits per heavy atom. The van der Waals surface area contributed by atoms with Crippen molar-refractivity contribution in [2.24, 2.45) is 11.5 Å². The number of nitrogens with two attached hydrogens (primary N) is 3. The van der Waals surface area contributed by atoms with Crippen LogP contribution in [0.3, 0.4) is 0 Å². The van der Waals surface area contributed by atoms with Crippen LogP contribution < -0.4 is 31.4 Å². The molecule has 0 atom stereocenters. The van der Waals surface area contributed by atoms with Crippen LogP contribution in [0.4, 0.5) is 10.5 Å². The lowest BCUT2D eigenvalue weighted by atomic mass is 10.2. The number of benzene rings is 2. The van der Waals surface area contributed by atoms with E-state index in [4.69, 9.17) is 36.3 Å². The molecule has 2 aromatic carbocycles. The van der Waals surface area contributed by atoms with Crippen molar-refractivity contribution < 1.29 is 19.0 Å². The van der Waals surface area contributed by atoms with Gasteiger partial charge in [0.15, 0.2) is 11.5 Å². The second-order valence-corrected chi connectivity index (χ2v) is 5.50. The SMILES string of the molecule is COc1cc2ncnc(Oc3ccc(N)c(Cl)c3)c2cc1OC.NC(N)=O. The molecule has 0 saturated heterocycles. The summed E-state index contributed by atoms with van der Waals surface area (Å²) in [7, 11) is 3.13. The van der Waals surface area contributed by atoms with Gasteiger partial charge < -0.3 is 31.4 Å². The average molecular weight is 392 g/mol. The van der Waals surface area contributed by atoms with Crippen LogP contribution in [0.25, 0.3) is 10.9 Å². The Hall–Kier alpha value is -3.46. The Balaban J connectivity index is 0.000000596. The molecule has 0 unspecified atom stereocenters. The van der Waals surface area contributed by atoms with Gasteiger partial charge in [0.05, 0.1) is 35.8 Å². The van der Waals surface area contributed by atoms with Gasteiger partial charge in [0.25, 0.3) is 0 Å². The monoisotopic (exact) mass is 391 g/mol. The highest BCUT2D eigenvalue weighted by Crippen LogP contribution is 2.36. The van der Waals surface area contributed by atoms with E-state index >= 15 is 0 Å². The number of halogens is 1. The summed E-state index contributed by atoms with van der Waals surface area (Å²) in [4.78, 5) is 17.4. The predicted molar refractivity (Wildman–Crippen MR) is 102 cm³/mol. The van der Waals surface area contributed by atoms with Crippen LogP contribution in [0.1, 0.15) is 0 Å². The molecule has 0 fully saturated rings. The van der Waals surface area contributed by atoms with E-state index in [1.165, 1.54) is 6.33 Å². The third kappa shape index (κ3) is 5.02. The minimum absolute atomic E-state index is 0.386. The van der Waals surface area contributed by atoms with Crippen LogP contribution in [-0.4, -0.2) is 30.2 Å². The van der Waals surface area contributed by atoms with Crippen molar-refractivity contribution >= 4 is 34.2 Å². The summed E-state index contributed by atoms with van der Waals surface area (Å²) in [5, 5.41) is 1.11. The van der Waals surface area contributed by atoms with E-state index in [1.807, 2.05) is 0 Å². The van der Waals surface area contributed by atoms with Gasteiger partial charge in [-0.05, 0) is 18.2 Å². The van der Waals surface area contributed by atoms with Gasteiger partial charge in [0.1, 0.15) is 12.1 Å². The summed E-state index contributed by atoms with van der Waals surface area (Å²) in [6.07, 6.45) is 1.42. The maximum absolute atomic E-state index is 9.00. The number of anilines is 1. The second-order valence-electron chi connectivity index (χ2n) is 5.09. The van der Waals surface area contributed by atoms with E-state index in [9.17, 15) is 0 Å². The highest BCUT2D eigenvalue weighted by Gasteiger charge is 2.12. The third-order valence-electron chi connectivity index (χ3n) is 3.29. The van der Waals surface area contributed by atoms with E-state index in [1.54, 1.807) is 44.6 Å². The molecule has 142 valence electrons. The molecule has 9 nitrogen and oxygen atoms in total. The minimum Gasteiger partial charge on any atom is -0.493 e. The van der Waals surface area contributed by atoms with E-state index in [2.05, 4.69) is 21.4 Å². The number of methoxy groups -OCH3 is 2. The highest BCUT2D eigenvalue weighted by molar-refractivity contribution is 6.33. The molecule has 0 spiro atoms. The predicted octanol–water partition coefficient (Wildman–Crippen LogP) is 2.70. The van der Waals surface area contributed by atoms with Crippen molar-refractivity contribution in [2.75, 3.05) is 20.0 Å². The van der Waals surface area contributed by atoms with Crippen LogP contribution in [-0.2, 0) is 0 Å². The van der Waals surface area contributed by atoms with Crippen molar-refractivity contribution in [2.45, 2.75) is 0 Å². The van der Waals surface area contributed by atoms with E-state index in [0.717, 1.165) is 0 Å². The third-order valence-corrected chi connectivity index (χ3v) is 3.62. The fourth-order valence-electron chi connectivity index (χ4n) is 2.12. The van der Waals surface area contributed by atoms with Gasteiger partial charge in [0.2, 0.25) is 5.88 Å². The van der Waals surface area contributed by atoms with E-state index in [-0.39, 0.29) is 0 Å². The van der Waals surface area contributed by atoms with E-state index < -0.39 is 6.03 Å². The fourth-order valence-corrected chi connectivity index (χ4v) is 2.29. The summed E-state index contributed by atoms with van der Waals surface area (Å²) in [5.74, 6) is 2.06. The summed E-state index contributed by atoms with van der Waals surface area (Å²) < 4.78 is 16.4. The molecule has 0 aliphatic carbocycles. The lowest BCUT2D eigenvalue weighted by Gasteiger charge is -2.11. The van der Waals surface area contributed by atoms with Gasteiger partial charge in [0, 0.05) is 12.1 Å². The second kappa shape index (κ2) is 8.77. The summed E-state index contributed by atoms with van der Waals surface area (Å²) in [6.45, 7) is 0. The molecule has 3 rings (SSSR count). The number of carbonyl (C=O) groups is 1. The Labute approximate surface area is 160 Å². The zero-order valence-corrected chi connectivity index (χ0v) is 15.4. The number of fused-ring (bicyclic) bond motifs is 1. The minimum atomic E-state index is -0.833. The number of ether oxygens (including phenoxy) is 3. The summed E-state index contributed by atoms with van der Waals surface area (Å²) in [6, 6.07) is 7.72. The Morgan fingerprint density at radius 1 is 1.04 bits per heavy atom. The van der Waals surface area contributed by atoms with Gasteiger partial charge in [-0.25, -0.2) is 14.8 Å². The first kappa shape index (κ1) is 19.9. The molecule has 0 bridgehead atoms. The number of nitrogens with zero attached hydrogens (tertiary/aromatic N) is 2. The maximum atomic E-state index is 9.00. The van der Waals surface area contributed by atoms with Crippen molar-refractivity contribution in [1.29, 1.82) is 0 Å². The average Bonchev–Trinajstić information content (AvgIpc) is 2.63. The number of primary amides is 2. The zero-order chi connectivity index (χ0) is 20.0. The highest BCUT2D eigenvalue weighted by atomic mass is 35.5. The van der Waals surface area contributed by atoms with Gasteiger partial charge in [-0.2, -0.15) is 0 Å². The first-order valence-electron chi connectivity index (χ1n) is 7.50. The molecule has 6 N–H and O–H groups in total. The van der Waals surface area contributed by atoms with Gasteiger partial charge in [-0.15, -0.1) is 0 Å². The van der Waals surface area contributed by atoms with Crippen molar-refractivity contribution in [3.63, 3.8) is 0 Å². The molecule has 1 aromatic heterocycles. The molecule has 27 heavy (non-hydrogen) atoms. The zero-order valence-electron chi connectivity index (χ0n) is 14.6. The Kier molecular flexibility index (Phi) is 6.45. The van der Waals surface area contributed by atoms with Crippen LogP contribution in [0.5, 0.6) is 23.1 Å². The fraction of sp³-hybridized carbons (Fsp3) is 0.118. The molecule has 0 aliphatic heterocycles. The largest absolute Gasteiger partial charge is 0.493 e. The molecule has 3 aromatic rings. The van der Waals surface area contributed by atoms with Gasteiger partial charge >= 0.3 is 6.03 Å². The van der Waals surface area contributed by atoms with Crippen LogP contribution in [0.2, 0.25) is 5.02 Å². The van der Waals surface area contributed by atoms with Crippen LogP contribution in [0, 0.1) is 0 Å². The molecular weight excluding hydrogens is 374 g/mol. The molecular formula is C17H18ClN5O4. The van der Waals surface area contributed by atoms with Crippen molar-refractivity contribution in [3.05, 3.63) is 41.7 Å². The van der Waals surface area contributed by atoms with E-state index in [0.29, 0.717) is 44.7 Å². The van der Waals surface area contributed by atoms with Crippen LogP contribution in [0.15, 0.2) is 36.7 Å². The molecule has 10 heteroatoms. The number of rotatable bonds is 4. The lowest BCUT2D eigenvalue weighted by molar-refractivity contribution is 0.256. The molecule has 0 radical (unpaired) electrons. The maximum Gasteiger partial charge on any atom is 0.309 e. The summed E-state index contributed by atoms with van der Waals surface area (Å²) in [5.41, 5.74) is 15.4. The van der Waals surface area contributed by atoms with Crippen LogP contribution >= 0.6 is 11.6 Å². The van der Waals surface area contributed by atoms with Crippen molar-refractivity contribution in [3.8, 4) is 23.1 Å². The lowest BCUT2D eigenvalue weighted by Crippen LogP contribution is -2.18. The summed E-state index contributed by atoms with van der Waals surface area (Å²) >= 11 is 6.01. The number of nitrogen functional groups attached to an aromatic ring is 1. The normalized spacial score (nSPS) is 9.89. The first-order valence-corrected chi connectivity index (χ1v) is 7.88. The Bertz CT molecular complexity index is 963.